The molecule has 0 radical (unpaired) electrons. The molecule has 0 spiro atoms. The van der Waals surface area contributed by atoms with Gasteiger partial charge < -0.3 is 20.5 Å². The van der Waals surface area contributed by atoms with Crippen LogP contribution in [-0.2, 0) is 16.0 Å². The first-order chi connectivity index (χ1) is 12.5. The molecule has 1 amide bonds. The lowest BCUT2D eigenvalue weighted by Crippen LogP contribution is -2.14. The molecule has 2 aromatic rings. The number of nitrogens with zero attached hydrogens (tertiary/aromatic N) is 1. The van der Waals surface area contributed by atoms with Crippen LogP contribution in [-0.4, -0.2) is 24.1 Å². The van der Waals surface area contributed by atoms with Crippen molar-refractivity contribution in [3.63, 3.8) is 0 Å². The lowest BCUT2D eigenvalue weighted by Gasteiger charge is -2.06. The highest BCUT2D eigenvalue weighted by Crippen LogP contribution is 2.16. The monoisotopic (exact) mass is 351 g/mol. The predicted octanol–water partition coefficient (Wildman–Crippen LogP) is 2.78. The third-order valence-corrected chi connectivity index (χ3v) is 3.41. The van der Waals surface area contributed by atoms with Gasteiger partial charge in [-0.15, -0.1) is 0 Å². The smallest absolute Gasteiger partial charge is 0.307 e. The van der Waals surface area contributed by atoms with Gasteiger partial charge in [-0.2, -0.15) is 5.26 Å². The molecule has 0 heterocycles. The third kappa shape index (κ3) is 5.39. The van der Waals surface area contributed by atoms with Gasteiger partial charge in [0.15, 0.2) is 0 Å². The Morgan fingerprint density at radius 3 is 2.27 bits per heavy atom. The Bertz CT molecular complexity index is 850. The van der Waals surface area contributed by atoms with E-state index in [-0.39, 0.29) is 12.0 Å². The SMILES string of the molecule is COc1ccc(NC(=O)/C(C#N)=C\Nc2ccc(CC(=O)O)cc2)cc1. The van der Waals surface area contributed by atoms with Crippen molar-refractivity contribution in [1.82, 2.24) is 0 Å². The van der Waals surface area contributed by atoms with Crippen LogP contribution in [0.2, 0.25) is 0 Å². The number of aliphatic carboxylic acids is 1. The Kier molecular flexibility index (Phi) is 6.34. The Morgan fingerprint density at radius 2 is 1.73 bits per heavy atom. The van der Waals surface area contributed by atoms with Crippen molar-refractivity contribution >= 4 is 23.3 Å². The molecule has 0 saturated carbocycles. The number of rotatable bonds is 7. The van der Waals surface area contributed by atoms with Crippen molar-refractivity contribution < 1.29 is 19.4 Å². The van der Waals surface area contributed by atoms with E-state index in [1.807, 2.05) is 6.07 Å². The number of carbonyl (C=O) groups is 2. The number of ether oxygens (including phenoxy) is 1. The van der Waals surface area contributed by atoms with Gasteiger partial charge in [-0.05, 0) is 42.0 Å². The second-order valence-electron chi connectivity index (χ2n) is 5.26. The summed E-state index contributed by atoms with van der Waals surface area (Å²) in [5.74, 6) is -0.799. The summed E-state index contributed by atoms with van der Waals surface area (Å²) in [7, 11) is 1.55. The molecule has 132 valence electrons. The number of anilines is 2. The summed E-state index contributed by atoms with van der Waals surface area (Å²) in [5, 5.41) is 23.4. The van der Waals surface area contributed by atoms with E-state index in [2.05, 4.69) is 10.6 Å². The van der Waals surface area contributed by atoms with Crippen LogP contribution in [0.1, 0.15) is 5.56 Å². The van der Waals surface area contributed by atoms with E-state index in [1.54, 1.807) is 55.6 Å². The summed E-state index contributed by atoms with van der Waals surface area (Å²) in [5.41, 5.74) is 1.72. The summed E-state index contributed by atoms with van der Waals surface area (Å²) < 4.78 is 5.04. The first-order valence-corrected chi connectivity index (χ1v) is 7.65. The highest BCUT2D eigenvalue weighted by atomic mass is 16.5. The molecule has 26 heavy (non-hydrogen) atoms. The zero-order valence-corrected chi connectivity index (χ0v) is 14.0. The van der Waals surface area contributed by atoms with Crippen molar-refractivity contribution in [2.24, 2.45) is 0 Å². The number of hydrogen-bond donors (Lipinski definition) is 3. The molecule has 0 fully saturated rings. The molecule has 0 aliphatic heterocycles. The molecule has 0 aromatic heterocycles. The molecule has 2 aromatic carbocycles. The van der Waals surface area contributed by atoms with Gasteiger partial charge in [-0.1, -0.05) is 12.1 Å². The normalized spacial score (nSPS) is 10.5. The summed E-state index contributed by atoms with van der Waals surface area (Å²) in [6.45, 7) is 0. The number of benzene rings is 2. The summed E-state index contributed by atoms with van der Waals surface area (Å²) in [6, 6.07) is 15.2. The van der Waals surface area contributed by atoms with Crippen molar-refractivity contribution in [3.8, 4) is 11.8 Å². The Morgan fingerprint density at radius 1 is 1.12 bits per heavy atom. The lowest BCUT2D eigenvalue weighted by atomic mass is 10.1. The maximum atomic E-state index is 12.2. The molecule has 0 aliphatic rings. The fourth-order valence-electron chi connectivity index (χ4n) is 2.07. The molecule has 2 rings (SSSR count). The zero-order chi connectivity index (χ0) is 18.9. The molecule has 3 N–H and O–H groups in total. The Labute approximate surface area is 150 Å². The number of carbonyl (C=O) groups excluding carboxylic acids is 1. The number of hydrogen-bond acceptors (Lipinski definition) is 5. The first kappa shape index (κ1) is 18.5. The van der Waals surface area contributed by atoms with Crippen LogP contribution in [0.3, 0.4) is 0 Å². The average molecular weight is 351 g/mol. The second kappa shape index (κ2) is 8.89. The number of nitrogens with one attached hydrogen (secondary N) is 2. The number of carboxylic acid groups (broad SMARTS) is 1. The van der Waals surface area contributed by atoms with E-state index in [0.717, 1.165) is 0 Å². The van der Waals surface area contributed by atoms with E-state index < -0.39 is 11.9 Å². The fraction of sp³-hybridized carbons (Fsp3) is 0.105. The van der Waals surface area contributed by atoms with Crippen molar-refractivity contribution in [2.75, 3.05) is 17.7 Å². The van der Waals surface area contributed by atoms with Gasteiger partial charge in [0.05, 0.1) is 13.5 Å². The standard InChI is InChI=1S/C19H17N3O4/c1-26-17-8-6-16(7-9-17)22-19(25)14(11-20)12-21-15-4-2-13(3-5-15)10-18(23)24/h2-9,12,21H,10H2,1H3,(H,22,25)(H,23,24)/b14-12-. The molecule has 0 bridgehead atoms. The van der Waals surface area contributed by atoms with Crippen LogP contribution in [0.25, 0.3) is 0 Å². The molecule has 7 nitrogen and oxygen atoms in total. The molecule has 0 saturated heterocycles. The van der Waals surface area contributed by atoms with Gasteiger partial charge in [0.1, 0.15) is 17.4 Å². The maximum absolute atomic E-state index is 12.2. The molecule has 7 heteroatoms. The highest BCUT2D eigenvalue weighted by Gasteiger charge is 2.09. The van der Waals surface area contributed by atoms with E-state index in [4.69, 9.17) is 9.84 Å². The summed E-state index contributed by atoms with van der Waals surface area (Å²) in [6.07, 6.45) is 1.23. The van der Waals surface area contributed by atoms with Gasteiger partial charge in [0, 0.05) is 17.6 Å². The summed E-state index contributed by atoms with van der Waals surface area (Å²) >= 11 is 0. The van der Waals surface area contributed by atoms with Crippen molar-refractivity contribution in [3.05, 3.63) is 65.9 Å². The number of methoxy groups -OCH3 is 1. The summed E-state index contributed by atoms with van der Waals surface area (Å²) in [4.78, 5) is 22.8. The van der Waals surface area contributed by atoms with Gasteiger partial charge in [-0.25, -0.2) is 0 Å². The van der Waals surface area contributed by atoms with Crippen LogP contribution in [0.4, 0.5) is 11.4 Å². The quantitative estimate of drug-likeness (QED) is 0.522. The topological polar surface area (TPSA) is 111 Å². The van der Waals surface area contributed by atoms with Crippen LogP contribution in [0.5, 0.6) is 5.75 Å². The van der Waals surface area contributed by atoms with Crippen LogP contribution in [0, 0.1) is 11.3 Å². The number of amides is 1. The Hall–Kier alpha value is -3.79. The highest BCUT2D eigenvalue weighted by molar-refractivity contribution is 6.06. The minimum atomic E-state index is -0.910. The predicted molar refractivity (Wildman–Crippen MR) is 96.7 cm³/mol. The van der Waals surface area contributed by atoms with Crippen LogP contribution in [0.15, 0.2) is 60.3 Å². The molecular weight excluding hydrogens is 334 g/mol. The maximum Gasteiger partial charge on any atom is 0.307 e. The van der Waals surface area contributed by atoms with E-state index in [9.17, 15) is 14.9 Å². The number of nitriles is 1. The Balaban J connectivity index is 2.00. The van der Waals surface area contributed by atoms with Crippen LogP contribution < -0.4 is 15.4 Å². The molecular formula is C19H17N3O4. The number of carboxylic acids is 1. The average Bonchev–Trinajstić information content (AvgIpc) is 2.63. The molecule has 0 atom stereocenters. The first-order valence-electron chi connectivity index (χ1n) is 7.65. The van der Waals surface area contributed by atoms with E-state index in [1.165, 1.54) is 6.20 Å². The van der Waals surface area contributed by atoms with E-state index in [0.29, 0.717) is 22.7 Å². The van der Waals surface area contributed by atoms with Gasteiger partial charge in [0.2, 0.25) is 0 Å². The zero-order valence-electron chi connectivity index (χ0n) is 14.0. The fourth-order valence-corrected chi connectivity index (χ4v) is 2.07. The van der Waals surface area contributed by atoms with Crippen molar-refractivity contribution in [1.29, 1.82) is 5.26 Å². The van der Waals surface area contributed by atoms with Gasteiger partial charge >= 0.3 is 5.97 Å². The van der Waals surface area contributed by atoms with Crippen LogP contribution >= 0.6 is 0 Å². The minimum absolute atomic E-state index is 0.0656. The van der Waals surface area contributed by atoms with Crippen molar-refractivity contribution in [2.45, 2.75) is 6.42 Å². The molecule has 0 unspecified atom stereocenters. The lowest BCUT2D eigenvalue weighted by molar-refractivity contribution is -0.136. The minimum Gasteiger partial charge on any atom is -0.497 e. The third-order valence-electron chi connectivity index (χ3n) is 3.41. The second-order valence-corrected chi connectivity index (χ2v) is 5.26. The van der Waals surface area contributed by atoms with Gasteiger partial charge in [-0.3, -0.25) is 9.59 Å². The van der Waals surface area contributed by atoms with Gasteiger partial charge in [0.25, 0.3) is 5.91 Å². The van der Waals surface area contributed by atoms with E-state index >= 15 is 0 Å². The molecule has 0 aliphatic carbocycles. The largest absolute Gasteiger partial charge is 0.497 e.